The molecule has 1 amide bonds. The van der Waals surface area contributed by atoms with Crippen LogP contribution < -0.4 is 9.64 Å². The highest BCUT2D eigenvalue weighted by Crippen LogP contribution is 2.35. The van der Waals surface area contributed by atoms with Crippen molar-refractivity contribution in [3.63, 3.8) is 0 Å². The lowest BCUT2D eigenvalue weighted by atomic mass is 10.1. The van der Waals surface area contributed by atoms with E-state index < -0.39 is 30.9 Å². The second-order valence-electron chi connectivity index (χ2n) is 4.47. The predicted molar refractivity (Wildman–Crippen MR) is 66.5 cm³/mol. The molecule has 8 heteroatoms. The highest BCUT2D eigenvalue weighted by molar-refractivity contribution is 6.00. The first-order valence-corrected chi connectivity index (χ1v) is 6.16. The van der Waals surface area contributed by atoms with Crippen LogP contribution in [-0.2, 0) is 4.79 Å². The van der Waals surface area contributed by atoms with Crippen molar-refractivity contribution >= 4 is 17.6 Å². The van der Waals surface area contributed by atoms with E-state index in [4.69, 9.17) is 9.84 Å². The zero-order valence-corrected chi connectivity index (χ0v) is 10.8. The van der Waals surface area contributed by atoms with Crippen LogP contribution in [0.25, 0.3) is 0 Å². The third kappa shape index (κ3) is 3.45. The third-order valence-corrected chi connectivity index (χ3v) is 3.00. The molecule has 0 aliphatic carbocycles. The summed E-state index contributed by atoms with van der Waals surface area (Å²) in [5.74, 6) is -1.92. The number of fused-ring (bicyclic) bond motifs is 1. The minimum absolute atomic E-state index is 0.0107. The fourth-order valence-corrected chi connectivity index (χ4v) is 2.06. The van der Waals surface area contributed by atoms with Gasteiger partial charge in [-0.25, -0.2) is 4.79 Å². The Morgan fingerprint density at radius 2 is 2.05 bits per heavy atom. The first-order valence-electron chi connectivity index (χ1n) is 6.16. The number of hydrogen-bond donors (Lipinski definition) is 1. The van der Waals surface area contributed by atoms with Crippen LogP contribution >= 0.6 is 0 Å². The molecule has 0 spiro atoms. The van der Waals surface area contributed by atoms with Gasteiger partial charge in [0.1, 0.15) is 12.2 Å². The number of carboxylic acids is 1. The van der Waals surface area contributed by atoms with Crippen molar-refractivity contribution in [1.82, 2.24) is 0 Å². The number of carbonyl (C=O) groups is 2. The molecule has 0 saturated heterocycles. The van der Waals surface area contributed by atoms with Crippen molar-refractivity contribution in [1.29, 1.82) is 0 Å². The average molecular weight is 303 g/mol. The second kappa shape index (κ2) is 5.63. The molecule has 0 atom stereocenters. The maximum atomic E-state index is 12.2. The first-order chi connectivity index (χ1) is 9.79. The Morgan fingerprint density at radius 1 is 1.33 bits per heavy atom. The minimum atomic E-state index is -4.41. The van der Waals surface area contributed by atoms with E-state index in [0.717, 1.165) is 4.90 Å². The standard InChI is InChI=1S/C13H12F3NO4/c14-13(15,16)5-4-10(18)17-6-7-21-11-8(12(19)20)2-1-3-9(11)17/h1-3H,4-7H2,(H,19,20). The van der Waals surface area contributed by atoms with Gasteiger partial charge in [0, 0.05) is 6.42 Å². The van der Waals surface area contributed by atoms with Crippen LogP contribution in [0.3, 0.4) is 0 Å². The maximum Gasteiger partial charge on any atom is 0.389 e. The van der Waals surface area contributed by atoms with Crippen molar-refractivity contribution < 1.29 is 32.6 Å². The molecule has 1 aliphatic rings. The Morgan fingerprint density at radius 3 is 2.67 bits per heavy atom. The van der Waals surface area contributed by atoms with Crippen molar-refractivity contribution in [2.45, 2.75) is 19.0 Å². The molecule has 114 valence electrons. The summed E-state index contributed by atoms with van der Waals surface area (Å²) in [5.41, 5.74) is 0.0640. The van der Waals surface area contributed by atoms with Gasteiger partial charge in [0.25, 0.3) is 0 Å². The van der Waals surface area contributed by atoms with Crippen molar-refractivity contribution in [3.8, 4) is 5.75 Å². The van der Waals surface area contributed by atoms with Crippen molar-refractivity contribution in [3.05, 3.63) is 23.8 Å². The molecule has 1 N–H and O–H groups in total. The van der Waals surface area contributed by atoms with Crippen LogP contribution in [0, 0.1) is 0 Å². The summed E-state index contributed by atoms with van der Waals surface area (Å²) in [5, 5.41) is 9.04. The fourth-order valence-electron chi connectivity index (χ4n) is 2.06. The van der Waals surface area contributed by atoms with Gasteiger partial charge >= 0.3 is 12.1 Å². The largest absolute Gasteiger partial charge is 0.489 e. The van der Waals surface area contributed by atoms with Gasteiger partial charge in [0.05, 0.1) is 18.7 Å². The zero-order valence-electron chi connectivity index (χ0n) is 10.8. The van der Waals surface area contributed by atoms with Gasteiger partial charge in [-0.2, -0.15) is 13.2 Å². The Balaban J connectivity index is 2.24. The number of rotatable bonds is 3. The van der Waals surface area contributed by atoms with Gasteiger partial charge in [-0.1, -0.05) is 6.07 Å². The highest BCUT2D eigenvalue weighted by atomic mass is 19.4. The molecule has 0 radical (unpaired) electrons. The molecular weight excluding hydrogens is 291 g/mol. The Labute approximate surface area is 117 Å². The van der Waals surface area contributed by atoms with Crippen LogP contribution in [0.4, 0.5) is 18.9 Å². The monoisotopic (exact) mass is 303 g/mol. The Hall–Kier alpha value is -2.25. The predicted octanol–water partition coefficient (Wildman–Crippen LogP) is 2.45. The number of carboxylic acid groups (broad SMARTS) is 1. The molecule has 0 saturated carbocycles. The van der Waals surface area contributed by atoms with E-state index in [1.54, 1.807) is 0 Å². The molecule has 5 nitrogen and oxygen atoms in total. The molecule has 1 aliphatic heterocycles. The van der Waals surface area contributed by atoms with Crippen LogP contribution in [0.15, 0.2) is 18.2 Å². The summed E-state index contributed by atoms with van der Waals surface area (Å²) in [4.78, 5) is 24.1. The Bertz CT molecular complexity index is 571. The van der Waals surface area contributed by atoms with E-state index in [1.165, 1.54) is 18.2 Å². The van der Waals surface area contributed by atoms with Crippen molar-refractivity contribution in [2.24, 2.45) is 0 Å². The molecule has 0 fully saturated rings. The van der Waals surface area contributed by atoms with E-state index in [-0.39, 0.29) is 30.2 Å². The number of para-hydroxylation sites is 1. The molecule has 0 bridgehead atoms. The topological polar surface area (TPSA) is 66.8 Å². The quantitative estimate of drug-likeness (QED) is 0.931. The molecule has 1 aromatic carbocycles. The van der Waals surface area contributed by atoms with Crippen LogP contribution in [0.5, 0.6) is 5.75 Å². The van der Waals surface area contributed by atoms with E-state index in [0.29, 0.717) is 0 Å². The number of benzene rings is 1. The lowest BCUT2D eigenvalue weighted by Crippen LogP contribution is -2.38. The third-order valence-electron chi connectivity index (χ3n) is 3.00. The summed E-state index contributed by atoms with van der Waals surface area (Å²) < 4.78 is 41.8. The van der Waals surface area contributed by atoms with E-state index in [9.17, 15) is 22.8 Å². The van der Waals surface area contributed by atoms with Gasteiger partial charge in [0.15, 0.2) is 5.75 Å². The zero-order chi connectivity index (χ0) is 15.6. The molecule has 21 heavy (non-hydrogen) atoms. The smallest absolute Gasteiger partial charge is 0.389 e. The lowest BCUT2D eigenvalue weighted by Gasteiger charge is -2.30. The maximum absolute atomic E-state index is 12.2. The summed E-state index contributed by atoms with van der Waals surface area (Å²) in [6, 6.07) is 4.18. The summed E-state index contributed by atoms with van der Waals surface area (Å²) in [6.45, 7) is 0.127. The Kier molecular flexibility index (Phi) is 4.06. The number of alkyl halides is 3. The number of hydrogen-bond acceptors (Lipinski definition) is 3. The molecular formula is C13H12F3NO4. The van der Waals surface area contributed by atoms with Gasteiger partial charge in [-0.05, 0) is 12.1 Å². The highest BCUT2D eigenvalue weighted by Gasteiger charge is 2.32. The average Bonchev–Trinajstić information content (AvgIpc) is 2.42. The van der Waals surface area contributed by atoms with Crippen LogP contribution in [0.1, 0.15) is 23.2 Å². The summed E-state index contributed by atoms with van der Waals surface area (Å²) in [6.07, 6.45) is -6.30. The molecule has 1 heterocycles. The van der Waals surface area contributed by atoms with E-state index in [2.05, 4.69) is 0 Å². The SMILES string of the molecule is O=C(O)c1cccc2c1OCCN2C(=O)CCC(F)(F)F. The van der Waals surface area contributed by atoms with Gasteiger partial charge in [-0.15, -0.1) is 0 Å². The number of anilines is 1. The first kappa shape index (κ1) is 15.1. The van der Waals surface area contributed by atoms with Gasteiger partial charge in [-0.3, -0.25) is 4.79 Å². The molecule has 0 unspecified atom stereocenters. The summed E-state index contributed by atoms with van der Waals surface area (Å²) >= 11 is 0. The number of amides is 1. The van der Waals surface area contributed by atoms with E-state index in [1.807, 2.05) is 0 Å². The summed E-state index contributed by atoms with van der Waals surface area (Å²) in [7, 11) is 0. The number of carbonyl (C=O) groups excluding carboxylic acids is 1. The van der Waals surface area contributed by atoms with Crippen molar-refractivity contribution in [2.75, 3.05) is 18.1 Å². The van der Waals surface area contributed by atoms with E-state index >= 15 is 0 Å². The van der Waals surface area contributed by atoms with Crippen LogP contribution in [-0.4, -0.2) is 36.3 Å². The second-order valence-corrected chi connectivity index (χ2v) is 4.47. The number of halogens is 3. The number of ether oxygens (including phenoxy) is 1. The lowest BCUT2D eigenvalue weighted by molar-refractivity contribution is -0.143. The van der Waals surface area contributed by atoms with Gasteiger partial charge in [0.2, 0.25) is 5.91 Å². The number of nitrogens with zero attached hydrogens (tertiary/aromatic N) is 1. The molecule has 2 rings (SSSR count). The minimum Gasteiger partial charge on any atom is -0.489 e. The normalized spacial score (nSPS) is 14.3. The van der Waals surface area contributed by atoms with Gasteiger partial charge < -0.3 is 14.7 Å². The molecule has 1 aromatic rings. The van der Waals surface area contributed by atoms with Crippen LogP contribution in [0.2, 0.25) is 0 Å². The number of aromatic carboxylic acids is 1. The molecule has 0 aromatic heterocycles. The fraction of sp³-hybridized carbons (Fsp3) is 0.385.